The minimum absolute atomic E-state index is 0.0327. The van der Waals surface area contributed by atoms with Crippen molar-refractivity contribution in [1.82, 2.24) is 0 Å². The first-order valence-corrected chi connectivity index (χ1v) is 7.51. The van der Waals surface area contributed by atoms with Crippen LogP contribution in [-0.4, -0.2) is 23.7 Å². The molecule has 0 heterocycles. The van der Waals surface area contributed by atoms with E-state index in [0.29, 0.717) is 22.9 Å². The summed E-state index contributed by atoms with van der Waals surface area (Å²) in [7, 11) is 1.74. The summed E-state index contributed by atoms with van der Waals surface area (Å²) in [5, 5.41) is 10.9. The first-order valence-electron chi connectivity index (χ1n) is 6.75. The molecule has 1 amide bonds. The van der Waals surface area contributed by atoms with Crippen LogP contribution in [0.15, 0.2) is 18.2 Å². The maximum Gasteiger partial charge on any atom is 0.229 e. The largest absolute Gasteiger partial charge is 0.390 e. The average molecular weight is 316 g/mol. The van der Waals surface area contributed by atoms with Crippen molar-refractivity contribution in [3.63, 3.8) is 0 Å². The number of amides is 1. The molecular weight excluding hydrogens is 297 g/mol. The van der Waals surface area contributed by atoms with Crippen LogP contribution in [-0.2, 0) is 4.79 Å². The molecule has 5 heteroatoms. The predicted octanol–water partition coefficient (Wildman–Crippen LogP) is 3.90. The Bertz CT molecular complexity index is 507. The van der Waals surface area contributed by atoms with Crippen LogP contribution in [0.2, 0.25) is 10.0 Å². The fourth-order valence-electron chi connectivity index (χ4n) is 2.58. The van der Waals surface area contributed by atoms with Gasteiger partial charge in [0.2, 0.25) is 5.91 Å². The molecule has 1 saturated carbocycles. The van der Waals surface area contributed by atoms with Crippen LogP contribution in [0.5, 0.6) is 0 Å². The molecule has 20 heavy (non-hydrogen) atoms. The predicted molar refractivity (Wildman–Crippen MR) is 82.5 cm³/mol. The number of aliphatic hydroxyl groups is 1. The average Bonchev–Trinajstić information content (AvgIpc) is 2.40. The molecule has 0 bridgehead atoms. The van der Waals surface area contributed by atoms with E-state index < -0.39 is 5.60 Å². The number of nitrogens with zero attached hydrogens (tertiary/aromatic N) is 1. The SMILES string of the molecule is CN(C(=O)C1CCC(C)(O)CC1)c1ccc(Cl)c(Cl)c1. The van der Waals surface area contributed by atoms with Gasteiger partial charge >= 0.3 is 0 Å². The van der Waals surface area contributed by atoms with Gasteiger partial charge in [-0.05, 0) is 50.8 Å². The lowest BCUT2D eigenvalue weighted by atomic mass is 9.79. The van der Waals surface area contributed by atoms with Gasteiger partial charge in [-0.1, -0.05) is 23.2 Å². The number of rotatable bonds is 2. The van der Waals surface area contributed by atoms with Crippen LogP contribution in [0.3, 0.4) is 0 Å². The Labute approximate surface area is 129 Å². The van der Waals surface area contributed by atoms with Gasteiger partial charge in [-0.2, -0.15) is 0 Å². The smallest absolute Gasteiger partial charge is 0.229 e. The Morgan fingerprint density at radius 3 is 2.45 bits per heavy atom. The van der Waals surface area contributed by atoms with Crippen LogP contribution in [0.1, 0.15) is 32.6 Å². The summed E-state index contributed by atoms with van der Waals surface area (Å²) < 4.78 is 0. The second kappa shape index (κ2) is 5.92. The summed E-state index contributed by atoms with van der Waals surface area (Å²) in [4.78, 5) is 14.1. The zero-order chi connectivity index (χ0) is 14.9. The molecule has 1 N–H and O–H groups in total. The lowest BCUT2D eigenvalue weighted by Gasteiger charge is -2.34. The Balaban J connectivity index is 2.07. The number of halogens is 2. The molecule has 1 aromatic rings. The summed E-state index contributed by atoms with van der Waals surface area (Å²) >= 11 is 11.9. The van der Waals surface area contributed by atoms with Gasteiger partial charge in [-0.3, -0.25) is 4.79 Å². The second-order valence-electron chi connectivity index (χ2n) is 5.77. The molecule has 0 aromatic heterocycles. The quantitative estimate of drug-likeness (QED) is 0.899. The van der Waals surface area contributed by atoms with Gasteiger partial charge in [0.05, 0.1) is 15.6 Å². The molecule has 0 saturated heterocycles. The molecule has 1 fully saturated rings. The Kier molecular flexibility index (Phi) is 4.62. The first kappa shape index (κ1) is 15.6. The third-order valence-corrected chi connectivity index (χ3v) is 4.77. The minimum atomic E-state index is -0.626. The summed E-state index contributed by atoms with van der Waals surface area (Å²) in [6, 6.07) is 5.17. The molecule has 1 aliphatic carbocycles. The van der Waals surface area contributed by atoms with Crippen molar-refractivity contribution >= 4 is 34.8 Å². The molecule has 1 aliphatic rings. The molecule has 0 unspecified atom stereocenters. The fraction of sp³-hybridized carbons (Fsp3) is 0.533. The summed E-state index contributed by atoms with van der Waals surface area (Å²) in [5.41, 5.74) is 0.112. The number of benzene rings is 1. The summed E-state index contributed by atoms with van der Waals surface area (Å²) in [5.74, 6) is 0.0357. The topological polar surface area (TPSA) is 40.5 Å². The highest BCUT2D eigenvalue weighted by Gasteiger charge is 2.33. The number of hydrogen-bond donors (Lipinski definition) is 1. The van der Waals surface area contributed by atoms with E-state index in [0.717, 1.165) is 18.5 Å². The van der Waals surface area contributed by atoms with Crippen molar-refractivity contribution in [3.05, 3.63) is 28.2 Å². The van der Waals surface area contributed by atoms with Gasteiger partial charge in [0.15, 0.2) is 0 Å². The summed E-state index contributed by atoms with van der Waals surface area (Å²) in [6.45, 7) is 1.83. The molecule has 0 spiro atoms. The number of hydrogen-bond acceptors (Lipinski definition) is 2. The van der Waals surface area contributed by atoms with Gasteiger partial charge in [-0.25, -0.2) is 0 Å². The van der Waals surface area contributed by atoms with Gasteiger partial charge in [0.25, 0.3) is 0 Å². The van der Waals surface area contributed by atoms with E-state index in [4.69, 9.17) is 23.2 Å². The maximum absolute atomic E-state index is 12.5. The fourth-order valence-corrected chi connectivity index (χ4v) is 2.87. The van der Waals surface area contributed by atoms with Gasteiger partial charge in [0, 0.05) is 18.7 Å². The molecule has 0 atom stereocenters. The minimum Gasteiger partial charge on any atom is -0.390 e. The van der Waals surface area contributed by atoms with Gasteiger partial charge in [-0.15, -0.1) is 0 Å². The summed E-state index contributed by atoms with van der Waals surface area (Å²) in [6.07, 6.45) is 2.77. The van der Waals surface area contributed by atoms with Gasteiger partial charge < -0.3 is 10.0 Å². The lowest BCUT2D eigenvalue weighted by molar-refractivity contribution is -0.124. The van der Waals surface area contributed by atoms with Crippen LogP contribution in [0, 0.1) is 5.92 Å². The standard InChI is InChI=1S/C15H19Cl2NO2/c1-15(20)7-5-10(6-8-15)14(19)18(2)11-3-4-12(16)13(17)9-11/h3-4,9-10,20H,5-8H2,1-2H3. The molecule has 2 rings (SSSR count). The van der Waals surface area contributed by atoms with E-state index in [9.17, 15) is 9.90 Å². The van der Waals surface area contributed by atoms with Crippen LogP contribution < -0.4 is 4.90 Å². The third kappa shape index (κ3) is 3.46. The molecule has 0 aliphatic heterocycles. The molecule has 1 aromatic carbocycles. The third-order valence-electron chi connectivity index (χ3n) is 4.03. The van der Waals surface area contributed by atoms with E-state index in [2.05, 4.69) is 0 Å². The van der Waals surface area contributed by atoms with Crippen molar-refractivity contribution in [3.8, 4) is 0 Å². The highest BCUT2D eigenvalue weighted by molar-refractivity contribution is 6.42. The van der Waals surface area contributed by atoms with Crippen LogP contribution in [0.25, 0.3) is 0 Å². The van der Waals surface area contributed by atoms with Crippen molar-refractivity contribution in [2.75, 3.05) is 11.9 Å². The van der Waals surface area contributed by atoms with Crippen LogP contribution in [0.4, 0.5) is 5.69 Å². The zero-order valence-corrected chi connectivity index (χ0v) is 13.2. The van der Waals surface area contributed by atoms with Crippen LogP contribution >= 0.6 is 23.2 Å². The first-order chi connectivity index (χ1) is 9.30. The second-order valence-corrected chi connectivity index (χ2v) is 6.58. The monoisotopic (exact) mass is 315 g/mol. The maximum atomic E-state index is 12.5. The molecule has 110 valence electrons. The zero-order valence-electron chi connectivity index (χ0n) is 11.7. The number of anilines is 1. The highest BCUT2D eigenvalue weighted by Crippen LogP contribution is 2.34. The molecular formula is C15H19Cl2NO2. The van der Waals surface area contributed by atoms with Crippen molar-refractivity contribution in [1.29, 1.82) is 0 Å². The Morgan fingerprint density at radius 2 is 1.90 bits per heavy atom. The molecule has 3 nitrogen and oxygen atoms in total. The van der Waals surface area contributed by atoms with E-state index in [-0.39, 0.29) is 11.8 Å². The lowest BCUT2D eigenvalue weighted by Crippen LogP contribution is -2.39. The Hall–Kier alpha value is -0.770. The van der Waals surface area contributed by atoms with Crippen molar-refractivity contribution in [2.45, 2.75) is 38.2 Å². The van der Waals surface area contributed by atoms with Gasteiger partial charge in [0.1, 0.15) is 0 Å². The van der Waals surface area contributed by atoms with E-state index >= 15 is 0 Å². The number of carbonyl (C=O) groups is 1. The van der Waals surface area contributed by atoms with E-state index in [1.165, 1.54) is 0 Å². The van der Waals surface area contributed by atoms with E-state index in [1.54, 1.807) is 30.1 Å². The molecule has 0 radical (unpaired) electrons. The highest BCUT2D eigenvalue weighted by atomic mass is 35.5. The van der Waals surface area contributed by atoms with E-state index in [1.807, 2.05) is 6.92 Å². The number of carbonyl (C=O) groups excluding carboxylic acids is 1. The van der Waals surface area contributed by atoms with Crippen molar-refractivity contribution < 1.29 is 9.90 Å². The Morgan fingerprint density at radius 1 is 1.30 bits per heavy atom. The van der Waals surface area contributed by atoms with Crippen molar-refractivity contribution in [2.24, 2.45) is 5.92 Å². The normalized spacial score (nSPS) is 26.4.